The molecule has 2 aromatic carbocycles. The highest BCUT2D eigenvalue weighted by Gasteiger charge is 2.23. The highest BCUT2D eigenvalue weighted by atomic mass is 32.1. The number of nitrogens with zero attached hydrogens (tertiary/aromatic N) is 1. The van der Waals surface area contributed by atoms with Gasteiger partial charge in [0.2, 0.25) is 0 Å². The van der Waals surface area contributed by atoms with Crippen LogP contribution in [0.1, 0.15) is 9.68 Å². The molecule has 24 heavy (non-hydrogen) atoms. The van der Waals surface area contributed by atoms with Crippen molar-refractivity contribution in [2.24, 2.45) is 0 Å². The molecule has 0 aliphatic heterocycles. The van der Waals surface area contributed by atoms with Gasteiger partial charge in [-0.05, 0) is 24.5 Å². The SMILES string of the molecule is [2H]C([2H])([2H])c1ccc(-c2ccc([Si](C)(C)C)c3c2sc2ccccc23)nc1. The van der Waals surface area contributed by atoms with Gasteiger partial charge in [-0.3, -0.25) is 4.98 Å². The fourth-order valence-electron chi connectivity index (χ4n) is 3.21. The fraction of sp³-hybridized carbons (Fsp3) is 0.190. The van der Waals surface area contributed by atoms with E-state index in [1.54, 1.807) is 17.4 Å². The molecular weight excluding hydrogens is 326 g/mol. The van der Waals surface area contributed by atoms with E-state index in [4.69, 9.17) is 4.11 Å². The number of pyridine rings is 1. The Hall–Kier alpha value is -1.97. The van der Waals surface area contributed by atoms with Crippen molar-refractivity contribution >= 4 is 44.8 Å². The second-order valence-corrected chi connectivity index (χ2v) is 13.2. The quantitative estimate of drug-likeness (QED) is 0.406. The van der Waals surface area contributed by atoms with E-state index in [1.807, 2.05) is 6.07 Å². The van der Waals surface area contributed by atoms with E-state index in [9.17, 15) is 0 Å². The highest BCUT2D eigenvalue weighted by Crippen LogP contribution is 2.39. The number of rotatable bonds is 2. The van der Waals surface area contributed by atoms with E-state index < -0.39 is 14.9 Å². The molecule has 4 rings (SSSR count). The molecule has 0 aliphatic rings. The van der Waals surface area contributed by atoms with E-state index in [2.05, 4.69) is 61.0 Å². The van der Waals surface area contributed by atoms with Gasteiger partial charge in [-0.15, -0.1) is 11.3 Å². The van der Waals surface area contributed by atoms with Crippen LogP contribution >= 0.6 is 11.3 Å². The summed E-state index contributed by atoms with van der Waals surface area (Å²) in [6, 6.07) is 16.4. The van der Waals surface area contributed by atoms with Crippen molar-refractivity contribution in [3.05, 3.63) is 60.3 Å². The number of hydrogen-bond donors (Lipinski definition) is 0. The van der Waals surface area contributed by atoms with Crippen LogP contribution in [0.15, 0.2) is 54.7 Å². The Kier molecular flexibility index (Phi) is 2.86. The number of aryl methyl sites for hydroxylation is 1. The summed E-state index contributed by atoms with van der Waals surface area (Å²) in [6.07, 6.45) is 1.48. The molecule has 1 nitrogen and oxygen atoms in total. The summed E-state index contributed by atoms with van der Waals surface area (Å²) in [4.78, 5) is 4.49. The van der Waals surface area contributed by atoms with E-state index in [0.29, 0.717) is 0 Å². The first-order chi connectivity index (χ1) is 12.7. The maximum absolute atomic E-state index is 7.55. The predicted molar refractivity (Wildman–Crippen MR) is 110 cm³/mol. The van der Waals surface area contributed by atoms with Crippen LogP contribution in [-0.2, 0) is 0 Å². The smallest absolute Gasteiger partial charge is 0.0784 e. The lowest BCUT2D eigenvalue weighted by molar-refractivity contribution is 1.27. The Bertz CT molecular complexity index is 1140. The zero-order valence-corrected chi connectivity index (χ0v) is 15.9. The average molecular weight is 351 g/mol. The molecule has 0 saturated carbocycles. The topological polar surface area (TPSA) is 12.9 Å². The Morgan fingerprint density at radius 1 is 1.00 bits per heavy atom. The third-order valence-electron chi connectivity index (χ3n) is 4.37. The third-order valence-corrected chi connectivity index (χ3v) is 7.61. The minimum absolute atomic E-state index is 0.276. The van der Waals surface area contributed by atoms with Crippen molar-refractivity contribution in [2.45, 2.75) is 26.5 Å². The first kappa shape index (κ1) is 12.4. The molecule has 0 aliphatic carbocycles. The lowest BCUT2D eigenvalue weighted by Gasteiger charge is -2.19. The van der Waals surface area contributed by atoms with Crippen LogP contribution in [0.5, 0.6) is 0 Å². The van der Waals surface area contributed by atoms with Gasteiger partial charge in [0.15, 0.2) is 0 Å². The lowest BCUT2D eigenvalue weighted by Crippen LogP contribution is -2.37. The molecule has 0 atom stereocenters. The molecule has 120 valence electrons. The molecule has 0 unspecified atom stereocenters. The third kappa shape index (κ3) is 2.48. The summed E-state index contributed by atoms with van der Waals surface area (Å²) >= 11 is 1.79. The van der Waals surface area contributed by atoms with Crippen LogP contribution in [-0.4, -0.2) is 13.1 Å². The molecular formula is C21H21NSSi. The summed E-state index contributed by atoms with van der Waals surface area (Å²) in [6.45, 7) is 4.99. The second kappa shape index (κ2) is 5.54. The molecule has 0 saturated heterocycles. The molecule has 0 N–H and O–H groups in total. The van der Waals surface area contributed by atoms with Gasteiger partial charge in [0.25, 0.3) is 0 Å². The van der Waals surface area contributed by atoms with Crippen molar-refractivity contribution in [3.8, 4) is 11.3 Å². The first-order valence-corrected chi connectivity index (χ1v) is 12.4. The van der Waals surface area contributed by atoms with Gasteiger partial charge in [-0.1, -0.05) is 61.2 Å². The Morgan fingerprint density at radius 2 is 1.83 bits per heavy atom. The van der Waals surface area contributed by atoms with Crippen LogP contribution in [0.25, 0.3) is 31.4 Å². The zero-order chi connectivity index (χ0) is 19.4. The largest absolute Gasteiger partial charge is 0.256 e. The molecule has 2 aromatic heterocycles. The van der Waals surface area contributed by atoms with Crippen LogP contribution in [0.2, 0.25) is 19.6 Å². The van der Waals surface area contributed by atoms with Gasteiger partial charge in [-0.2, -0.15) is 0 Å². The second-order valence-electron chi connectivity index (χ2n) is 7.15. The molecule has 0 radical (unpaired) electrons. The number of aromatic nitrogens is 1. The molecule has 0 bridgehead atoms. The van der Waals surface area contributed by atoms with Gasteiger partial charge in [0.1, 0.15) is 0 Å². The summed E-state index contributed by atoms with van der Waals surface area (Å²) in [5, 5.41) is 4.10. The highest BCUT2D eigenvalue weighted by molar-refractivity contribution is 7.26. The standard InChI is InChI=1S/C21H21NSSi/c1-14-9-11-17(22-13-14)15-10-12-19(24(2,3)4)20-16-7-5-6-8-18(16)23-21(15)20/h5-13H,1-4H3/i1D3. The summed E-state index contributed by atoms with van der Waals surface area (Å²) in [5.41, 5.74) is 2.17. The monoisotopic (exact) mass is 350 g/mol. The summed E-state index contributed by atoms with van der Waals surface area (Å²) in [7, 11) is -1.52. The summed E-state index contributed by atoms with van der Waals surface area (Å²) < 4.78 is 25.2. The summed E-state index contributed by atoms with van der Waals surface area (Å²) in [5.74, 6) is 0. The molecule has 0 fully saturated rings. The van der Waals surface area contributed by atoms with Crippen molar-refractivity contribution in [1.82, 2.24) is 4.98 Å². The normalized spacial score (nSPS) is 14.5. The number of fused-ring (bicyclic) bond motifs is 3. The van der Waals surface area contributed by atoms with Crippen molar-refractivity contribution in [3.63, 3.8) is 0 Å². The van der Waals surface area contributed by atoms with Crippen LogP contribution in [0.4, 0.5) is 0 Å². The van der Waals surface area contributed by atoms with Crippen molar-refractivity contribution < 1.29 is 4.11 Å². The van der Waals surface area contributed by atoms with E-state index in [1.165, 1.54) is 31.6 Å². The molecule has 0 amide bonds. The molecule has 2 heterocycles. The van der Waals surface area contributed by atoms with Gasteiger partial charge in [0, 0.05) is 36.0 Å². The predicted octanol–water partition coefficient (Wildman–Crippen LogP) is 5.97. The minimum Gasteiger partial charge on any atom is -0.256 e. The van der Waals surface area contributed by atoms with Crippen LogP contribution in [0, 0.1) is 6.85 Å². The van der Waals surface area contributed by atoms with Crippen LogP contribution < -0.4 is 5.19 Å². The average Bonchev–Trinajstić information content (AvgIpc) is 2.99. The van der Waals surface area contributed by atoms with Crippen molar-refractivity contribution in [2.75, 3.05) is 0 Å². The minimum atomic E-state index is -2.12. The van der Waals surface area contributed by atoms with Crippen LogP contribution in [0.3, 0.4) is 0 Å². The molecule has 4 aromatic rings. The Morgan fingerprint density at radius 3 is 2.54 bits per heavy atom. The van der Waals surface area contributed by atoms with Crippen molar-refractivity contribution in [1.29, 1.82) is 0 Å². The Balaban J connectivity index is 2.00. The number of hydrogen-bond acceptors (Lipinski definition) is 2. The van der Waals surface area contributed by atoms with Gasteiger partial charge >= 0.3 is 0 Å². The van der Waals surface area contributed by atoms with Gasteiger partial charge < -0.3 is 0 Å². The van der Waals surface area contributed by atoms with Gasteiger partial charge in [0.05, 0.1) is 13.8 Å². The number of thiophene rings is 1. The maximum Gasteiger partial charge on any atom is 0.0784 e. The van der Waals surface area contributed by atoms with E-state index >= 15 is 0 Å². The number of benzene rings is 2. The van der Waals surface area contributed by atoms with Gasteiger partial charge in [-0.25, -0.2) is 0 Å². The lowest BCUT2D eigenvalue weighted by atomic mass is 10.1. The molecule has 0 spiro atoms. The first-order valence-electron chi connectivity index (χ1n) is 9.58. The van der Waals surface area contributed by atoms with E-state index in [-0.39, 0.29) is 5.56 Å². The maximum atomic E-state index is 7.55. The fourth-order valence-corrected chi connectivity index (χ4v) is 6.14. The van der Waals surface area contributed by atoms with E-state index in [0.717, 1.165) is 11.3 Å². The zero-order valence-electron chi connectivity index (χ0n) is 17.1. The Labute approximate surface area is 152 Å². The molecule has 3 heteroatoms.